The van der Waals surface area contributed by atoms with E-state index >= 15 is 0 Å². The van der Waals surface area contributed by atoms with Crippen molar-refractivity contribution in [1.82, 2.24) is 10.3 Å². The van der Waals surface area contributed by atoms with Gasteiger partial charge >= 0.3 is 0 Å². The molecule has 1 aliphatic heterocycles. The Morgan fingerprint density at radius 3 is 2.67 bits per heavy atom. The van der Waals surface area contributed by atoms with Gasteiger partial charge in [-0.2, -0.15) is 0 Å². The van der Waals surface area contributed by atoms with Crippen LogP contribution in [0.1, 0.15) is 29.9 Å². The molecule has 1 fully saturated rings. The zero-order chi connectivity index (χ0) is 16.8. The van der Waals surface area contributed by atoms with E-state index in [1.807, 2.05) is 36.4 Å². The first-order chi connectivity index (χ1) is 11.7. The van der Waals surface area contributed by atoms with Crippen LogP contribution < -0.4 is 5.32 Å². The molecular weight excluding hydrogens is 324 g/mol. The molecule has 1 N–H and O–H groups in total. The van der Waals surface area contributed by atoms with Gasteiger partial charge in [0.15, 0.2) is 0 Å². The van der Waals surface area contributed by atoms with Crippen molar-refractivity contribution in [2.45, 2.75) is 31.3 Å². The molecule has 1 aromatic carbocycles. The molecule has 2 atom stereocenters. The van der Waals surface area contributed by atoms with E-state index < -0.39 is 0 Å². The van der Waals surface area contributed by atoms with E-state index in [2.05, 4.69) is 10.3 Å². The molecule has 24 heavy (non-hydrogen) atoms. The third-order valence-electron chi connectivity index (χ3n) is 4.31. The standard InChI is InChI=1S/C19H21ClN2O2/c20-16-5-3-15(4-6-16)18(12-14-7-9-21-10-8-14)19(23)22-13-17-2-1-11-24-17/h3-10,17-18H,1-2,11-13H2,(H,22,23). The summed E-state index contributed by atoms with van der Waals surface area (Å²) in [6, 6.07) is 11.4. The number of rotatable bonds is 6. The lowest BCUT2D eigenvalue weighted by atomic mass is 9.91. The van der Waals surface area contributed by atoms with Crippen LogP contribution >= 0.6 is 11.6 Å². The molecule has 0 bridgehead atoms. The quantitative estimate of drug-likeness (QED) is 0.874. The monoisotopic (exact) mass is 344 g/mol. The Labute approximate surface area is 147 Å². The molecule has 1 aliphatic rings. The number of benzene rings is 1. The van der Waals surface area contributed by atoms with Crippen molar-refractivity contribution in [3.05, 3.63) is 64.9 Å². The lowest BCUT2D eigenvalue weighted by Crippen LogP contribution is -2.36. The molecule has 1 amide bonds. The predicted octanol–water partition coefficient (Wildman–Crippen LogP) is 3.36. The van der Waals surface area contributed by atoms with Crippen molar-refractivity contribution in [1.29, 1.82) is 0 Å². The molecule has 1 aromatic heterocycles. The van der Waals surface area contributed by atoms with E-state index in [0.717, 1.165) is 30.6 Å². The van der Waals surface area contributed by atoms with Gasteiger partial charge in [-0.05, 0) is 54.7 Å². The fraction of sp³-hybridized carbons (Fsp3) is 0.368. The fourth-order valence-corrected chi connectivity index (χ4v) is 3.08. The molecule has 0 radical (unpaired) electrons. The number of nitrogens with zero attached hydrogens (tertiary/aromatic N) is 1. The summed E-state index contributed by atoms with van der Waals surface area (Å²) in [6.07, 6.45) is 6.34. The van der Waals surface area contributed by atoms with Crippen LogP contribution in [0.4, 0.5) is 0 Å². The first-order valence-electron chi connectivity index (χ1n) is 8.26. The van der Waals surface area contributed by atoms with E-state index in [0.29, 0.717) is 18.0 Å². The summed E-state index contributed by atoms with van der Waals surface area (Å²) in [6.45, 7) is 1.36. The lowest BCUT2D eigenvalue weighted by Gasteiger charge is -2.19. The third-order valence-corrected chi connectivity index (χ3v) is 4.56. The van der Waals surface area contributed by atoms with Gasteiger partial charge in [-0.15, -0.1) is 0 Å². The molecule has 3 rings (SSSR count). The van der Waals surface area contributed by atoms with Crippen LogP contribution in [0.15, 0.2) is 48.8 Å². The SMILES string of the molecule is O=C(NCC1CCCO1)C(Cc1ccncc1)c1ccc(Cl)cc1. The smallest absolute Gasteiger partial charge is 0.227 e. The summed E-state index contributed by atoms with van der Waals surface area (Å²) >= 11 is 5.98. The number of hydrogen-bond acceptors (Lipinski definition) is 3. The summed E-state index contributed by atoms with van der Waals surface area (Å²) in [4.78, 5) is 16.8. The average molecular weight is 345 g/mol. The normalized spacial score (nSPS) is 18.3. The fourth-order valence-electron chi connectivity index (χ4n) is 2.95. The number of hydrogen-bond donors (Lipinski definition) is 1. The van der Waals surface area contributed by atoms with E-state index in [1.54, 1.807) is 12.4 Å². The van der Waals surface area contributed by atoms with Crippen molar-refractivity contribution < 1.29 is 9.53 Å². The Bertz CT molecular complexity index is 655. The Balaban J connectivity index is 1.72. The highest BCUT2D eigenvalue weighted by molar-refractivity contribution is 6.30. The molecule has 2 unspecified atom stereocenters. The number of nitrogens with one attached hydrogen (secondary N) is 1. The first kappa shape index (κ1) is 16.9. The Kier molecular flexibility index (Phi) is 5.83. The van der Waals surface area contributed by atoms with Gasteiger partial charge in [0.05, 0.1) is 12.0 Å². The maximum Gasteiger partial charge on any atom is 0.227 e. The van der Waals surface area contributed by atoms with Gasteiger partial charge in [-0.1, -0.05) is 23.7 Å². The summed E-state index contributed by atoms with van der Waals surface area (Å²) in [7, 11) is 0. The number of aromatic nitrogens is 1. The number of pyridine rings is 1. The van der Waals surface area contributed by atoms with Gasteiger partial charge in [0.25, 0.3) is 0 Å². The molecule has 4 nitrogen and oxygen atoms in total. The molecule has 5 heteroatoms. The lowest BCUT2D eigenvalue weighted by molar-refractivity contribution is -0.123. The van der Waals surface area contributed by atoms with Crippen LogP contribution in [-0.4, -0.2) is 30.1 Å². The molecule has 2 aromatic rings. The zero-order valence-corrected chi connectivity index (χ0v) is 14.2. The van der Waals surface area contributed by atoms with Crippen molar-refractivity contribution >= 4 is 17.5 Å². The van der Waals surface area contributed by atoms with Crippen molar-refractivity contribution in [2.24, 2.45) is 0 Å². The van der Waals surface area contributed by atoms with Gasteiger partial charge in [-0.25, -0.2) is 0 Å². The largest absolute Gasteiger partial charge is 0.376 e. The predicted molar refractivity (Wildman–Crippen MR) is 94.1 cm³/mol. The van der Waals surface area contributed by atoms with E-state index in [-0.39, 0.29) is 17.9 Å². The van der Waals surface area contributed by atoms with Gasteiger partial charge in [0.1, 0.15) is 0 Å². The third kappa shape index (κ3) is 4.56. The van der Waals surface area contributed by atoms with E-state index in [1.165, 1.54) is 0 Å². The van der Waals surface area contributed by atoms with Gasteiger partial charge < -0.3 is 10.1 Å². The first-order valence-corrected chi connectivity index (χ1v) is 8.64. The maximum absolute atomic E-state index is 12.8. The highest BCUT2D eigenvalue weighted by atomic mass is 35.5. The highest BCUT2D eigenvalue weighted by Crippen LogP contribution is 2.23. The summed E-state index contributed by atoms with van der Waals surface area (Å²) < 4.78 is 5.58. The highest BCUT2D eigenvalue weighted by Gasteiger charge is 2.23. The minimum Gasteiger partial charge on any atom is -0.376 e. The Hall–Kier alpha value is -1.91. The van der Waals surface area contributed by atoms with Crippen LogP contribution in [0.3, 0.4) is 0 Å². The summed E-state index contributed by atoms with van der Waals surface area (Å²) in [5, 5.41) is 3.71. The Morgan fingerprint density at radius 1 is 1.25 bits per heavy atom. The molecule has 0 aliphatic carbocycles. The van der Waals surface area contributed by atoms with Crippen LogP contribution in [0, 0.1) is 0 Å². The minimum absolute atomic E-state index is 0.0182. The van der Waals surface area contributed by atoms with Crippen LogP contribution in [0.2, 0.25) is 5.02 Å². The van der Waals surface area contributed by atoms with Crippen LogP contribution in [-0.2, 0) is 16.0 Å². The summed E-state index contributed by atoms with van der Waals surface area (Å²) in [5.74, 6) is -0.240. The molecular formula is C19H21ClN2O2. The van der Waals surface area contributed by atoms with Crippen molar-refractivity contribution in [3.8, 4) is 0 Å². The van der Waals surface area contributed by atoms with Gasteiger partial charge in [0.2, 0.25) is 5.91 Å². The zero-order valence-electron chi connectivity index (χ0n) is 13.5. The van der Waals surface area contributed by atoms with Gasteiger partial charge in [0, 0.05) is 30.6 Å². The summed E-state index contributed by atoms with van der Waals surface area (Å²) in [5.41, 5.74) is 2.04. The molecule has 126 valence electrons. The second-order valence-corrected chi connectivity index (χ2v) is 6.48. The molecule has 2 heterocycles. The number of amides is 1. The van der Waals surface area contributed by atoms with Crippen molar-refractivity contribution in [3.63, 3.8) is 0 Å². The van der Waals surface area contributed by atoms with Crippen LogP contribution in [0.25, 0.3) is 0 Å². The second kappa shape index (κ2) is 8.27. The molecule has 1 saturated heterocycles. The maximum atomic E-state index is 12.8. The number of carbonyl (C=O) groups excluding carboxylic acids is 1. The van der Waals surface area contributed by atoms with Crippen molar-refractivity contribution in [2.75, 3.05) is 13.2 Å². The van der Waals surface area contributed by atoms with Gasteiger partial charge in [-0.3, -0.25) is 9.78 Å². The number of ether oxygens (including phenoxy) is 1. The number of halogens is 1. The second-order valence-electron chi connectivity index (χ2n) is 6.04. The molecule has 0 saturated carbocycles. The topological polar surface area (TPSA) is 51.2 Å². The Morgan fingerprint density at radius 2 is 2.00 bits per heavy atom. The van der Waals surface area contributed by atoms with E-state index in [4.69, 9.17) is 16.3 Å². The van der Waals surface area contributed by atoms with Crippen LogP contribution in [0.5, 0.6) is 0 Å². The average Bonchev–Trinajstić information content (AvgIpc) is 3.13. The minimum atomic E-state index is -0.258. The molecule has 0 spiro atoms. The van der Waals surface area contributed by atoms with E-state index in [9.17, 15) is 4.79 Å². The number of carbonyl (C=O) groups is 1.